The molecular weight excluding hydrogens is 733 g/mol. The Morgan fingerprint density at radius 2 is 2.00 bits per heavy atom. The number of aliphatic hydroxyl groups is 1. The molecule has 3 heterocycles. The smallest absolute Gasteiger partial charge is 0.354 e. The van der Waals surface area contributed by atoms with Gasteiger partial charge in [-0.25, -0.2) is 9.78 Å². The number of carbonyl (C=O) groups excluding carboxylic acids is 2. The minimum atomic E-state index is -2.78. The van der Waals surface area contributed by atoms with Crippen LogP contribution in [0.5, 0.6) is 5.75 Å². The number of aryl methyl sites for hydroxylation is 1. The minimum Gasteiger partial charge on any atom is -0.488 e. The van der Waals surface area contributed by atoms with Crippen LogP contribution >= 0.6 is 11.3 Å². The number of carboxylic acids is 1. The van der Waals surface area contributed by atoms with Gasteiger partial charge in [0.2, 0.25) is 0 Å². The first-order valence-electron chi connectivity index (χ1n) is 16.9. The van der Waals surface area contributed by atoms with Crippen LogP contribution in [0, 0.1) is 5.92 Å². The van der Waals surface area contributed by atoms with E-state index in [1.54, 1.807) is 12.1 Å². The van der Waals surface area contributed by atoms with Gasteiger partial charge < -0.3 is 36.6 Å². The van der Waals surface area contributed by atoms with E-state index in [2.05, 4.69) is 29.7 Å². The topological polar surface area (TPSA) is 274 Å². The number of hydroxylamine groups is 2. The first-order chi connectivity index (χ1) is 25.1. The van der Waals surface area contributed by atoms with Gasteiger partial charge in [0.15, 0.2) is 10.8 Å². The third kappa shape index (κ3) is 10.8. The molecule has 8 N–H and O–H groups in total. The number of β-lactam (4-membered cyclic amide) rings is 1. The molecule has 1 saturated heterocycles. The van der Waals surface area contributed by atoms with Crippen LogP contribution in [-0.4, -0.2) is 108 Å². The molecule has 2 amide bonds. The molecule has 292 valence electrons. The van der Waals surface area contributed by atoms with Gasteiger partial charge in [-0.05, 0) is 69.7 Å². The van der Waals surface area contributed by atoms with E-state index in [1.807, 2.05) is 26.8 Å². The van der Waals surface area contributed by atoms with Gasteiger partial charge in [-0.2, -0.15) is 9.27 Å². The molecule has 0 radical (unpaired) electrons. The van der Waals surface area contributed by atoms with Gasteiger partial charge in [-0.15, -0.1) is 15.6 Å². The Balaban J connectivity index is 0.00000372. The predicted molar refractivity (Wildman–Crippen MR) is 200 cm³/mol. The van der Waals surface area contributed by atoms with Crippen molar-refractivity contribution in [1.29, 1.82) is 0 Å². The Labute approximate surface area is 314 Å². The number of hydrogen-bond donors (Lipinski definition) is 6. The second-order valence-electron chi connectivity index (χ2n) is 12.7. The lowest BCUT2D eigenvalue weighted by Crippen LogP contribution is -2.76. The van der Waals surface area contributed by atoms with E-state index in [-0.39, 0.29) is 23.4 Å². The second-order valence-corrected chi connectivity index (χ2v) is 14.1. The summed E-state index contributed by atoms with van der Waals surface area (Å²) in [4.78, 5) is 56.9. The number of nitrogens with two attached hydrogens (primary N) is 2. The molecule has 1 fully saturated rings. The number of nitrogens with zero attached hydrogens (tertiary/aromatic N) is 5. The zero-order valence-electron chi connectivity index (χ0n) is 30.5. The molecule has 53 heavy (non-hydrogen) atoms. The van der Waals surface area contributed by atoms with Gasteiger partial charge in [-0.1, -0.05) is 32.3 Å². The number of thiazole rings is 1. The van der Waals surface area contributed by atoms with E-state index in [1.165, 1.54) is 26.2 Å². The lowest BCUT2D eigenvalue weighted by Gasteiger charge is -2.50. The molecule has 0 aliphatic carbocycles. The number of rotatable bonds is 17. The zero-order valence-corrected chi connectivity index (χ0v) is 32.2. The van der Waals surface area contributed by atoms with Crippen LogP contribution in [0.15, 0.2) is 38.7 Å². The average molecular weight is 781 g/mol. The molecule has 18 nitrogen and oxygen atoms in total. The van der Waals surface area contributed by atoms with E-state index in [9.17, 15) is 28.8 Å². The lowest BCUT2D eigenvalue weighted by molar-refractivity contribution is -0.216. The standard InChI is InChI=1S/C31H42N8O10S2.C2H6/c1-5-6-18-12-19(25(32)35-13-17-9-10-34-20(11-17)14-40)7-8-22(18)47-16-31(4,28(43)44)48-38-23(21-15-50-29(33)36-21)26(41)37-24-27(42)39(30(24,2)3)49-51(45)46;1-2/h7-8,12,15,17,24,40H,5-6,9-11,13-14,16H2,1-4H3,(H2,32,35)(H2,33,36)(H,37,41)(H,43,44)(H,45,46);1-2H3/b38-23-;. The largest absolute Gasteiger partial charge is 0.488 e. The average Bonchev–Trinajstić information content (AvgIpc) is 3.57. The molecule has 4 atom stereocenters. The monoisotopic (exact) mass is 780 g/mol. The van der Waals surface area contributed by atoms with Crippen molar-refractivity contribution in [2.45, 2.75) is 84.4 Å². The number of carbonyl (C=O) groups is 3. The molecule has 0 bridgehead atoms. The molecule has 4 rings (SSSR count). The molecule has 20 heteroatoms. The van der Waals surface area contributed by atoms with Crippen LogP contribution < -0.4 is 21.5 Å². The number of hydrogen-bond acceptors (Lipinski definition) is 14. The molecule has 0 spiro atoms. The molecule has 4 unspecified atom stereocenters. The molecule has 2 aliphatic rings. The Kier molecular flexibility index (Phi) is 15.4. The summed E-state index contributed by atoms with van der Waals surface area (Å²) >= 11 is -1.80. The van der Waals surface area contributed by atoms with Crippen LogP contribution in [0.3, 0.4) is 0 Å². The number of aliphatic hydroxyl groups excluding tert-OH is 1. The molecule has 0 saturated carbocycles. The highest BCUT2D eigenvalue weighted by Crippen LogP contribution is 2.32. The molecule has 1 aromatic heterocycles. The van der Waals surface area contributed by atoms with Gasteiger partial charge in [0.25, 0.3) is 17.4 Å². The van der Waals surface area contributed by atoms with E-state index in [4.69, 9.17) is 25.6 Å². The Morgan fingerprint density at radius 3 is 2.58 bits per heavy atom. The number of nitrogens with one attached hydrogen (secondary N) is 1. The summed E-state index contributed by atoms with van der Waals surface area (Å²) in [5.74, 6) is -2.27. The zero-order chi connectivity index (χ0) is 39.5. The third-order valence-corrected chi connectivity index (χ3v) is 9.29. The van der Waals surface area contributed by atoms with Crippen LogP contribution in [0.4, 0.5) is 5.13 Å². The molecule has 2 aromatic rings. The van der Waals surface area contributed by atoms with Gasteiger partial charge >= 0.3 is 17.3 Å². The maximum atomic E-state index is 13.4. The van der Waals surface area contributed by atoms with Crippen molar-refractivity contribution in [1.82, 2.24) is 15.4 Å². The number of oxime groups is 1. The Bertz CT molecular complexity index is 1750. The number of nitrogen functional groups attached to an aromatic ring is 1. The summed E-state index contributed by atoms with van der Waals surface area (Å²) < 4.78 is 30.7. The van der Waals surface area contributed by atoms with Crippen molar-refractivity contribution < 1.29 is 47.2 Å². The minimum absolute atomic E-state index is 0.0525. The van der Waals surface area contributed by atoms with Crippen LogP contribution in [0.2, 0.25) is 0 Å². The van der Waals surface area contributed by atoms with E-state index in [0.29, 0.717) is 48.1 Å². The van der Waals surface area contributed by atoms with Gasteiger partial charge in [0.1, 0.15) is 29.9 Å². The van der Waals surface area contributed by atoms with Crippen LogP contribution in [0.1, 0.15) is 77.6 Å². The number of aromatic nitrogens is 1. The van der Waals surface area contributed by atoms with Crippen molar-refractivity contribution >= 4 is 62.9 Å². The lowest BCUT2D eigenvalue weighted by atomic mass is 9.84. The highest BCUT2D eigenvalue weighted by atomic mass is 32.2. The fraction of sp³-hybridized carbons (Fsp3) is 0.545. The van der Waals surface area contributed by atoms with E-state index in [0.717, 1.165) is 35.5 Å². The maximum Gasteiger partial charge on any atom is 0.354 e. The molecular formula is C33H48N8O10S2. The Hall–Kier alpha value is -4.50. The number of amidine groups is 1. The highest BCUT2D eigenvalue weighted by molar-refractivity contribution is 7.74. The maximum absolute atomic E-state index is 13.4. The second kappa shape index (κ2) is 19.0. The summed E-state index contributed by atoms with van der Waals surface area (Å²) in [6.07, 6.45) is 2.85. The fourth-order valence-corrected chi connectivity index (χ4v) is 6.26. The Morgan fingerprint density at radius 1 is 1.28 bits per heavy atom. The van der Waals surface area contributed by atoms with Crippen LogP contribution in [-0.2, 0) is 41.3 Å². The number of anilines is 1. The normalized spacial score (nSPS) is 20.2. The number of ether oxygens (including phenoxy) is 1. The number of aliphatic imine (C=N–C) groups is 2. The number of benzene rings is 1. The molecule has 1 aromatic carbocycles. The first-order valence-corrected chi connectivity index (χ1v) is 18.8. The number of amides is 2. The quantitative estimate of drug-likeness (QED) is 0.0442. The van der Waals surface area contributed by atoms with Gasteiger partial charge in [0, 0.05) is 29.7 Å². The van der Waals surface area contributed by atoms with E-state index >= 15 is 0 Å². The number of aliphatic carboxylic acids is 1. The summed E-state index contributed by atoms with van der Waals surface area (Å²) in [6, 6.07) is 4.01. The number of carboxylic acid groups (broad SMARTS) is 1. The van der Waals surface area contributed by atoms with Crippen molar-refractivity contribution in [2.24, 2.45) is 26.8 Å². The van der Waals surface area contributed by atoms with Crippen molar-refractivity contribution in [3.05, 3.63) is 40.4 Å². The van der Waals surface area contributed by atoms with Gasteiger partial charge in [-0.3, -0.25) is 24.1 Å². The fourth-order valence-electron chi connectivity index (χ4n) is 5.32. The van der Waals surface area contributed by atoms with Crippen molar-refractivity contribution in [3.63, 3.8) is 0 Å². The van der Waals surface area contributed by atoms with Crippen LogP contribution in [0.25, 0.3) is 0 Å². The highest BCUT2D eigenvalue weighted by Gasteiger charge is 2.57. The van der Waals surface area contributed by atoms with Gasteiger partial charge in [0.05, 0.1) is 12.1 Å². The van der Waals surface area contributed by atoms with Crippen molar-refractivity contribution in [2.75, 3.05) is 32.0 Å². The third-order valence-electron chi connectivity index (χ3n) is 8.34. The summed E-state index contributed by atoms with van der Waals surface area (Å²) in [5.41, 5.74) is 10.4. The first kappa shape index (κ1) is 42.9. The summed E-state index contributed by atoms with van der Waals surface area (Å²) in [5, 5.41) is 28.0. The summed E-state index contributed by atoms with van der Waals surface area (Å²) in [6.45, 7) is 10.7. The predicted octanol–water partition coefficient (Wildman–Crippen LogP) is 2.07. The van der Waals surface area contributed by atoms with Crippen molar-refractivity contribution in [3.8, 4) is 5.75 Å². The molecule has 2 aliphatic heterocycles. The SMILES string of the molecule is CC.CCCc1cc(C(N)=NCC2CCN=C(CO)C2)ccc1OCC(C)(O/N=C(\C(=O)NC1C(=O)N(OS(=O)O)C1(C)C)c1csc(N)n1)C(=O)O. The summed E-state index contributed by atoms with van der Waals surface area (Å²) in [7, 11) is 0. The van der Waals surface area contributed by atoms with E-state index < -0.39 is 58.6 Å².